The molecule has 0 aromatic heterocycles. The lowest BCUT2D eigenvalue weighted by Gasteiger charge is -2.40. The van der Waals surface area contributed by atoms with Crippen LogP contribution in [0.1, 0.15) is 134 Å². The fourth-order valence-electron chi connectivity index (χ4n) is 9.91. The third kappa shape index (κ3) is 9.14. The average Bonchev–Trinajstić information content (AvgIpc) is 4.01. The van der Waals surface area contributed by atoms with Gasteiger partial charge in [-0.15, -0.1) is 0 Å². The van der Waals surface area contributed by atoms with Crippen LogP contribution in [0.3, 0.4) is 0 Å². The van der Waals surface area contributed by atoms with Gasteiger partial charge in [0.05, 0.1) is 0 Å². The summed E-state index contributed by atoms with van der Waals surface area (Å²) in [6.07, 6.45) is 12.1. The second kappa shape index (κ2) is 17.0. The van der Waals surface area contributed by atoms with E-state index in [0.717, 1.165) is 0 Å². The van der Waals surface area contributed by atoms with Crippen LogP contribution in [0.25, 0.3) is 0 Å². The predicted molar refractivity (Wildman–Crippen MR) is 232 cm³/mol. The van der Waals surface area contributed by atoms with E-state index in [2.05, 4.69) is 145 Å². The minimum atomic E-state index is 0.412. The van der Waals surface area contributed by atoms with Gasteiger partial charge in [0.15, 0.2) is 0 Å². The van der Waals surface area contributed by atoms with E-state index in [1.165, 1.54) is 150 Å². The Morgan fingerprint density at radius 2 is 0.704 bits per heavy atom. The minimum Gasteiger partial charge on any atom is -0.370 e. The molecule has 6 heterocycles. The van der Waals surface area contributed by atoms with E-state index < -0.39 is 0 Å². The second-order valence-corrected chi connectivity index (χ2v) is 18.7. The van der Waals surface area contributed by atoms with Crippen LogP contribution in [-0.4, -0.2) is 75.5 Å². The van der Waals surface area contributed by atoms with Crippen LogP contribution in [0.4, 0.5) is 17.1 Å². The number of benzene rings is 3. The first kappa shape index (κ1) is 39.2. The number of nitrogens with one attached hydrogen (secondary N) is 3. The Kier molecular flexibility index (Phi) is 12.3. The van der Waals surface area contributed by atoms with Gasteiger partial charge in [0.1, 0.15) is 0 Å². The minimum absolute atomic E-state index is 0.412. The molecule has 0 amide bonds. The van der Waals surface area contributed by atoms with E-state index in [9.17, 15) is 0 Å². The molecule has 3 atom stereocenters. The van der Waals surface area contributed by atoms with Gasteiger partial charge in [-0.3, -0.25) is 0 Å². The highest BCUT2D eigenvalue weighted by molar-refractivity contribution is 5.52. The van der Waals surface area contributed by atoms with Gasteiger partial charge in [-0.1, -0.05) is 84.4 Å². The Bertz CT molecular complexity index is 1590. The molecule has 3 aromatic carbocycles. The van der Waals surface area contributed by atoms with E-state index >= 15 is 0 Å². The molecule has 3 spiro atoms. The maximum absolute atomic E-state index is 3.78. The van der Waals surface area contributed by atoms with Crippen molar-refractivity contribution in [1.29, 1.82) is 0 Å². The van der Waals surface area contributed by atoms with Crippen molar-refractivity contribution in [3.05, 3.63) is 89.5 Å². The van der Waals surface area contributed by atoms with Gasteiger partial charge in [0.25, 0.3) is 0 Å². The van der Waals surface area contributed by atoms with Gasteiger partial charge in [-0.2, -0.15) is 0 Å². The summed E-state index contributed by atoms with van der Waals surface area (Å²) in [6.45, 7) is 24.3. The van der Waals surface area contributed by atoms with Gasteiger partial charge in [-0.25, -0.2) is 0 Å². The molecule has 6 heteroatoms. The topological polar surface area (TPSA) is 45.8 Å². The summed E-state index contributed by atoms with van der Waals surface area (Å²) < 4.78 is 0. The van der Waals surface area contributed by atoms with Crippen LogP contribution in [-0.2, 0) is 0 Å². The number of piperidine rings is 1. The van der Waals surface area contributed by atoms with Gasteiger partial charge in [-0.05, 0) is 142 Å². The molecule has 9 rings (SSSR count). The van der Waals surface area contributed by atoms with Crippen molar-refractivity contribution < 1.29 is 0 Å². The fraction of sp³-hybridized carbons (Fsp3) is 0.625. The molecule has 3 unspecified atom stereocenters. The first-order valence-corrected chi connectivity index (χ1v) is 21.9. The quantitative estimate of drug-likeness (QED) is 0.235. The normalized spacial score (nSPS) is 27.6. The summed E-state index contributed by atoms with van der Waals surface area (Å²) >= 11 is 0. The maximum atomic E-state index is 3.78. The summed E-state index contributed by atoms with van der Waals surface area (Å²) in [5.74, 6) is 1.88. The highest BCUT2D eigenvalue weighted by Gasteiger charge is 2.43. The largest absolute Gasteiger partial charge is 0.370 e. The van der Waals surface area contributed by atoms with Crippen molar-refractivity contribution >= 4 is 17.1 Å². The van der Waals surface area contributed by atoms with Crippen LogP contribution < -0.4 is 30.7 Å². The molecule has 0 radical (unpaired) electrons. The van der Waals surface area contributed by atoms with Crippen LogP contribution >= 0.6 is 0 Å². The number of anilines is 3. The van der Waals surface area contributed by atoms with Crippen molar-refractivity contribution in [1.82, 2.24) is 16.0 Å². The van der Waals surface area contributed by atoms with E-state index in [-0.39, 0.29) is 0 Å². The molecular weight excluding hydrogens is 661 g/mol. The Hall–Kier alpha value is -3.06. The van der Waals surface area contributed by atoms with Crippen LogP contribution in [0, 0.1) is 0 Å². The van der Waals surface area contributed by atoms with Crippen molar-refractivity contribution in [3.63, 3.8) is 0 Å². The van der Waals surface area contributed by atoms with E-state index in [1.54, 1.807) is 0 Å². The second-order valence-electron chi connectivity index (χ2n) is 18.7. The van der Waals surface area contributed by atoms with E-state index in [1.807, 2.05) is 0 Å². The SMILES string of the molecule is CC(C)c1ccc(N2CCC3(CCCCN3)C2)cc1.CC(C)c1ccc(N2CCC3(CCCN3)C2)cc1.CC(C)c1ccc(N2CCC3(CCN3)C2)cc1. The maximum Gasteiger partial charge on any atom is 0.0386 e. The van der Waals surface area contributed by atoms with Crippen LogP contribution in [0.2, 0.25) is 0 Å². The molecule has 3 aromatic rings. The average molecular weight is 733 g/mol. The summed E-state index contributed by atoms with van der Waals surface area (Å²) in [5.41, 5.74) is 9.78. The van der Waals surface area contributed by atoms with E-state index in [4.69, 9.17) is 0 Å². The Morgan fingerprint density at radius 1 is 0.389 bits per heavy atom. The Morgan fingerprint density at radius 3 is 0.944 bits per heavy atom. The molecule has 0 saturated carbocycles. The van der Waals surface area contributed by atoms with Crippen molar-refractivity contribution in [3.8, 4) is 0 Å². The van der Waals surface area contributed by atoms with Crippen molar-refractivity contribution in [2.24, 2.45) is 0 Å². The molecule has 6 saturated heterocycles. The third-order valence-corrected chi connectivity index (χ3v) is 13.9. The summed E-state index contributed by atoms with van der Waals surface area (Å²) in [4.78, 5) is 7.63. The molecule has 6 nitrogen and oxygen atoms in total. The number of hydrogen-bond acceptors (Lipinski definition) is 6. The molecule has 3 N–H and O–H groups in total. The van der Waals surface area contributed by atoms with E-state index in [0.29, 0.717) is 34.4 Å². The lowest BCUT2D eigenvalue weighted by atomic mass is 9.87. The van der Waals surface area contributed by atoms with Crippen molar-refractivity contribution in [2.45, 2.75) is 134 Å². The smallest absolute Gasteiger partial charge is 0.0386 e. The van der Waals surface area contributed by atoms with Crippen LogP contribution in [0.5, 0.6) is 0 Å². The van der Waals surface area contributed by atoms with Gasteiger partial charge >= 0.3 is 0 Å². The number of rotatable bonds is 6. The zero-order chi connectivity index (χ0) is 37.8. The molecule has 54 heavy (non-hydrogen) atoms. The van der Waals surface area contributed by atoms with Gasteiger partial charge in [0, 0.05) is 72.9 Å². The molecule has 6 aliphatic rings. The first-order chi connectivity index (χ1) is 26.1. The number of nitrogens with zero attached hydrogens (tertiary/aromatic N) is 3. The van der Waals surface area contributed by atoms with Gasteiger partial charge in [0.2, 0.25) is 0 Å². The molecule has 0 aliphatic carbocycles. The molecule has 6 aliphatic heterocycles. The summed E-state index contributed by atoms with van der Waals surface area (Å²) in [5, 5.41) is 11.1. The highest BCUT2D eigenvalue weighted by atomic mass is 15.2. The lowest BCUT2D eigenvalue weighted by Crippen LogP contribution is -2.58. The zero-order valence-corrected chi connectivity index (χ0v) is 34.7. The first-order valence-electron chi connectivity index (χ1n) is 21.9. The molecule has 0 bridgehead atoms. The third-order valence-electron chi connectivity index (χ3n) is 13.9. The lowest BCUT2D eigenvalue weighted by molar-refractivity contribution is 0.235. The summed E-state index contributed by atoms with van der Waals surface area (Å²) in [7, 11) is 0. The van der Waals surface area contributed by atoms with Crippen molar-refractivity contribution in [2.75, 3.05) is 73.6 Å². The molecule has 294 valence electrons. The van der Waals surface area contributed by atoms with Crippen LogP contribution in [0.15, 0.2) is 72.8 Å². The Labute approximate surface area is 328 Å². The zero-order valence-electron chi connectivity index (χ0n) is 34.7. The molecule has 6 fully saturated rings. The highest BCUT2D eigenvalue weighted by Crippen LogP contribution is 2.36. The molecular formula is C48H72N6. The fourth-order valence-corrected chi connectivity index (χ4v) is 9.91. The number of hydrogen-bond donors (Lipinski definition) is 3. The standard InChI is InChI=1S/C17H26N2.C16H24N2.C15H22N2/c1-14(2)15-5-7-16(8-6-15)19-12-10-17(13-19)9-3-4-11-18-17;1-13(2)14-4-6-15(7-5-14)18-11-9-16(12-18)8-3-10-17-16;1-12(2)13-3-5-14(6-4-13)17-10-8-15(11-17)7-9-16-15/h5-8,14,18H,3-4,9-13H2,1-2H3;4-7,13,17H,3,8-12H2,1-2H3;3-6,12,16H,7-11H2,1-2H3. The monoisotopic (exact) mass is 733 g/mol. The summed E-state index contributed by atoms with van der Waals surface area (Å²) in [6, 6.07) is 27.5. The Balaban J connectivity index is 0.000000125. The van der Waals surface area contributed by atoms with Gasteiger partial charge < -0.3 is 30.7 Å². The predicted octanol–water partition coefficient (Wildman–Crippen LogP) is 9.43.